The lowest BCUT2D eigenvalue weighted by molar-refractivity contribution is 0.0707. The summed E-state index contributed by atoms with van der Waals surface area (Å²) >= 11 is 0. The van der Waals surface area contributed by atoms with Crippen molar-refractivity contribution >= 4 is 16.7 Å². The third-order valence-electron chi connectivity index (χ3n) is 3.96. The molecule has 1 fully saturated rings. The molecule has 20 heavy (non-hydrogen) atoms. The lowest BCUT2D eigenvalue weighted by Crippen LogP contribution is -2.38. The molecule has 1 amide bonds. The Hall–Kier alpha value is -2.34. The second-order valence-corrected chi connectivity index (χ2v) is 5.26. The van der Waals surface area contributed by atoms with Crippen LogP contribution in [0.15, 0.2) is 42.5 Å². The standard InChI is InChI=1S/C17H16N2O/c18-12-13-7-9-19(10-8-13)17(20)16-6-5-14-3-1-2-4-15(14)11-16/h1-6,11,13H,7-10H2. The van der Waals surface area contributed by atoms with Crippen LogP contribution in [-0.2, 0) is 0 Å². The number of benzene rings is 2. The number of rotatable bonds is 1. The van der Waals surface area contributed by atoms with E-state index < -0.39 is 0 Å². The van der Waals surface area contributed by atoms with Gasteiger partial charge in [-0.3, -0.25) is 4.79 Å². The zero-order valence-electron chi connectivity index (χ0n) is 11.2. The molecule has 0 bridgehead atoms. The van der Waals surface area contributed by atoms with Gasteiger partial charge in [-0.05, 0) is 35.7 Å². The van der Waals surface area contributed by atoms with Crippen molar-refractivity contribution in [2.45, 2.75) is 12.8 Å². The predicted octanol–water partition coefficient (Wildman–Crippen LogP) is 3.22. The molecule has 2 aromatic carbocycles. The molecular weight excluding hydrogens is 248 g/mol. The first-order valence-electron chi connectivity index (χ1n) is 6.95. The number of hydrogen-bond donors (Lipinski definition) is 0. The molecule has 100 valence electrons. The topological polar surface area (TPSA) is 44.1 Å². The summed E-state index contributed by atoms with van der Waals surface area (Å²) in [6.45, 7) is 1.37. The number of hydrogen-bond acceptors (Lipinski definition) is 2. The van der Waals surface area contributed by atoms with E-state index >= 15 is 0 Å². The third-order valence-corrected chi connectivity index (χ3v) is 3.96. The summed E-state index contributed by atoms with van der Waals surface area (Å²) in [5.74, 6) is 0.183. The number of carbonyl (C=O) groups is 1. The van der Waals surface area contributed by atoms with Gasteiger partial charge in [0.25, 0.3) is 5.91 Å². The molecular formula is C17H16N2O. The number of nitriles is 1. The fourth-order valence-corrected chi connectivity index (χ4v) is 2.72. The summed E-state index contributed by atoms with van der Waals surface area (Å²) in [6.07, 6.45) is 1.58. The summed E-state index contributed by atoms with van der Waals surface area (Å²) in [5, 5.41) is 11.1. The van der Waals surface area contributed by atoms with Gasteiger partial charge in [0.15, 0.2) is 0 Å². The van der Waals surface area contributed by atoms with Crippen molar-refractivity contribution in [1.82, 2.24) is 4.90 Å². The molecule has 0 N–H and O–H groups in total. The van der Waals surface area contributed by atoms with Crippen LogP contribution in [-0.4, -0.2) is 23.9 Å². The van der Waals surface area contributed by atoms with Gasteiger partial charge in [-0.2, -0.15) is 5.26 Å². The molecule has 2 aromatic rings. The maximum absolute atomic E-state index is 12.5. The first-order valence-corrected chi connectivity index (χ1v) is 6.95. The first kappa shape index (κ1) is 12.7. The van der Waals surface area contributed by atoms with E-state index in [1.807, 2.05) is 47.4 Å². The molecule has 1 aliphatic heterocycles. The fourth-order valence-electron chi connectivity index (χ4n) is 2.72. The van der Waals surface area contributed by atoms with Gasteiger partial charge >= 0.3 is 0 Å². The van der Waals surface area contributed by atoms with E-state index in [9.17, 15) is 4.79 Å². The number of piperidine rings is 1. The molecule has 0 aromatic heterocycles. The van der Waals surface area contributed by atoms with Gasteiger partial charge < -0.3 is 4.90 Å². The summed E-state index contributed by atoms with van der Waals surface area (Å²) in [7, 11) is 0. The Morgan fingerprint density at radius 3 is 2.50 bits per heavy atom. The van der Waals surface area contributed by atoms with Gasteiger partial charge in [0.2, 0.25) is 0 Å². The molecule has 0 radical (unpaired) electrons. The van der Waals surface area contributed by atoms with Crippen LogP contribution in [0.5, 0.6) is 0 Å². The Labute approximate surface area is 118 Å². The summed E-state index contributed by atoms with van der Waals surface area (Å²) < 4.78 is 0. The third kappa shape index (κ3) is 2.37. The molecule has 1 aliphatic rings. The van der Waals surface area contributed by atoms with Crippen LogP contribution in [0.1, 0.15) is 23.2 Å². The average Bonchev–Trinajstić information content (AvgIpc) is 2.54. The van der Waals surface area contributed by atoms with Crippen molar-refractivity contribution < 1.29 is 4.79 Å². The van der Waals surface area contributed by atoms with E-state index in [1.54, 1.807) is 0 Å². The van der Waals surface area contributed by atoms with Crippen molar-refractivity contribution in [2.24, 2.45) is 5.92 Å². The van der Waals surface area contributed by atoms with Gasteiger partial charge in [0.05, 0.1) is 6.07 Å². The normalized spacial score (nSPS) is 16.1. The van der Waals surface area contributed by atoms with Crippen LogP contribution in [0.3, 0.4) is 0 Å². The number of amides is 1. The van der Waals surface area contributed by atoms with Crippen LogP contribution in [0.4, 0.5) is 0 Å². The smallest absolute Gasteiger partial charge is 0.253 e. The maximum atomic E-state index is 12.5. The molecule has 0 spiro atoms. The van der Waals surface area contributed by atoms with Crippen LogP contribution in [0.25, 0.3) is 10.8 Å². The molecule has 0 aliphatic carbocycles. The molecule has 1 saturated heterocycles. The van der Waals surface area contributed by atoms with E-state index in [4.69, 9.17) is 5.26 Å². The van der Waals surface area contributed by atoms with Gasteiger partial charge in [-0.15, -0.1) is 0 Å². The van der Waals surface area contributed by atoms with Crippen molar-refractivity contribution in [2.75, 3.05) is 13.1 Å². The van der Waals surface area contributed by atoms with Crippen molar-refractivity contribution in [1.29, 1.82) is 5.26 Å². The zero-order chi connectivity index (χ0) is 13.9. The lowest BCUT2D eigenvalue weighted by atomic mass is 9.97. The molecule has 0 unspecified atom stereocenters. The summed E-state index contributed by atoms with van der Waals surface area (Å²) in [5.41, 5.74) is 0.735. The van der Waals surface area contributed by atoms with E-state index in [2.05, 4.69) is 6.07 Å². The highest BCUT2D eigenvalue weighted by atomic mass is 16.2. The van der Waals surface area contributed by atoms with Crippen LogP contribution < -0.4 is 0 Å². The molecule has 3 nitrogen and oxygen atoms in total. The van der Waals surface area contributed by atoms with Gasteiger partial charge in [-0.1, -0.05) is 30.3 Å². The Kier molecular flexibility index (Phi) is 3.39. The number of fused-ring (bicyclic) bond motifs is 1. The van der Waals surface area contributed by atoms with Crippen LogP contribution >= 0.6 is 0 Å². The molecule has 0 saturated carbocycles. The Bertz CT molecular complexity index is 679. The largest absolute Gasteiger partial charge is 0.339 e. The summed E-state index contributed by atoms with van der Waals surface area (Å²) in [4.78, 5) is 14.3. The summed E-state index contributed by atoms with van der Waals surface area (Å²) in [6, 6.07) is 16.2. The lowest BCUT2D eigenvalue weighted by Gasteiger charge is -2.29. The molecule has 3 rings (SSSR count). The quantitative estimate of drug-likeness (QED) is 0.793. The Morgan fingerprint density at radius 2 is 1.80 bits per heavy atom. The Morgan fingerprint density at radius 1 is 1.10 bits per heavy atom. The van der Waals surface area contributed by atoms with Gasteiger partial charge in [0, 0.05) is 24.6 Å². The molecule has 3 heteroatoms. The van der Waals surface area contributed by atoms with Crippen LogP contribution in [0.2, 0.25) is 0 Å². The van der Waals surface area contributed by atoms with Crippen molar-refractivity contribution in [3.05, 3.63) is 48.0 Å². The fraction of sp³-hybridized carbons (Fsp3) is 0.294. The predicted molar refractivity (Wildman–Crippen MR) is 78.2 cm³/mol. The SMILES string of the molecule is N#CC1CCN(C(=O)c2ccc3ccccc3c2)CC1. The monoisotopic (exact) mass is 264 g/mol. The molecule has 1 heterocycles. The minimum atomic E-state index is 0.0761. The number of nitrogens with zero attached hydrogens (tertiary/aromatic N) is 2. The second-order valence-electron chi connectivity index (χ2n) is 5.26. The first-order chi connectivity index (χ1) is 9.78. The van der Waals surface area contributed by atoms with Crippen molar-refractivity contribution in [3.63, 3.8) is 0 Å². The van der Waals surface area contributed by atoms with E-state index in [0.29, 0.717) is 13.1 Å². The van der Waals surface area contributed by atoms with E-state index in [0.717, 1.165) is 29.2 Å². The van der Waals surface area contributed by atoms with E-state index in [1.165, 1.54) is 0 Å². The number of carbonyl (C=O) groups excluding carboxylic acids is 1. The van der Waals surface area contributed by atoms with E-state index in [-0.39, 0.29) is 11.8 Å². The highest BCUT2D eigenvalue weighted by Crippen LogP contribution is 2.20. The highest BCUT2D eigenvalue weighted by molar-refractivity contribution is 5.98. The number of likely N-dealkylation sites (tertiary alicyclic amines) is 1. The second kappa shape index (κ2) is 5.34. The maximum Gasteiger partial charge on any atom is 0.253 e. The highest BCUT2D eigenvalue weighted by Gasteiger charge is 2.23. The van der Waals surface area contributed by atoms with Crippen molar-refractivity contribution in [3.8, 4) is 6.07 Å². The van der Waals surface area contributed by atoms with Crippen LogP contribution in [0, 0.1) is 17.2 Å². The minimum absolute atomic E-state index is 0.0761. The average molecular weight is 264 g/mol. The molecule has 0 atom stereocenters. The van der Waals surface area contributed by atoms with Gasteiger partial charge in [0.1, 0.15) is 0 Å². The Balaban J connectivity index is 1.81. The minimum Gasteiger partial charge on any atom is -0.339 e. The zero-order valence-corrected chi connectivity index (χ0v) is 11.2. The van der Waals surface area contributed by atoms with Gasteiger partial charge in [-0.25, -0.2) is 0 Å².